The maximum Gasteiger partial charge on any atom is 0.276 e. The molecule has 4 aromatic rings. The van der Waals surface area contributed by atoms with Gasteiger partial charge >= 0.3 is 0 Å². The van der Waals surface area contributed by atoms with E-state index in [0.717, 1.165) is 11.3 Å². The standard InChI is InChI=1S/C24H20N2O4/c1-16-11-13-18(14-12-16)25-26-21(27)15-29-24-22(28)19-9-5-6-10-20(19)30-23(24)17-7-3-2-4-8-17/h2-14,25H,15H2,1H3,(H,26,27). The molecule has 6 heteroatoms. The number of fused-ring (bicyclic) bond motifs is 1. The fourth-order valence-corrected chi connectivity index (χ4v) is 2.99. The smallest absolute Gasteiger partial charge is 0.276 e. The number of hydrazine groups is 1. The number of benzene rings is 3. The van der Waals surface area contributed by atoms with Crippen LogP contribution in [0.5, 0.6) is 5.75 Å². The van der Waals surface area contributed by atoms with Gasteiger partial charge in [-0.2, -0.15) is 0 Å². The number of nitrogens with one attached hydrogen (secondary N) is 2. The van der Waals surface area contributed by atoms with Crippen molar-refractivity contribution < 1.29 is 13.9 Å². The average Bonchev–Trinajstić information content (AvgIpc) is 2.78. The van der Waals surface area contributed by atoms with Gasteiger partial charge in [0.05, 0.1) is 11.1 Å². The van der Waals surface area contributed by atoms with Crippen molar-refractivity contribution in [1.82, 2.24) is 5.43 Å². The third-order valence-electron chi connectivity index (χ3n) is 4.54. The molecule has 6 nitrogen and oxygen atoms in total. The second-order valence-corrected chi connectivity index (χ2v) is 6.78. The van der Waals surface area contributed by atoms with Gasteiger partial charge in [0, 0.05) is 5.56 Å². The van der Waals surface area contributed by atoms with Gasteiger partial charge < -0.3 is 9.15 Å². The van der Waals surface area contributed by atoms with Crippen LogP contribution in [0, 0.1) is 6.92 Å². The van der Waals surface area contributed by atoms with Crippen LogP contribution in [0.3, 0.4) is 0 Å². The van der Waals surface area contributed by atoms with Gasteiger partial charge in [0.1, 0.15) is 5.58 Å². The van der Waals surface area contributed by atoms with Gasteiger partial charge in [-0.05, 0) is 31.2 Å². The quantitative estimate of drug-likeness (QED) is 0.472. The van der Waals surface area contributed by atoms with Crippen molar-refractivity contribution >= 4 is 22.6 Å². The molecule has 0 saturated carbocycles. The number of ether oxygens (including phenoxy) is 1. The SMILES string of the molecule is Cc1ccc(NNC(=O)COc2c(-c3ccccc3)oc3ccccc3c2=O)cc1. The molecule has 0 fully saturated rings. The molecule has 0 saturated heterocycles. The number of para-hydroxylation sites is 1. The first kappa shape index (κ1) is 19.3. The molecule has 150 valence electrons. The summed E-state index contributed by atoms with van der Waals surface area (Å²) in [6, 6.07) is 23.7. The van der Waals surface area contributed by atoms with Crippen LogP contribution < -0.4 is 21.0 Å². The Bertz CT molecular complexity index is 1230. The van der Waals surface area contributed by atoms with E-state index in [1.54, 1.807) is 24.3 Å². The minimum Gasteiger partial charge on any atom is -0.476 e. The highest BCUT2D eigenvalue weighted by atomic mass is 16.5. The number of rotatable bonds is 6. The lowest BCUT2D eigenvalue weighted by molar-refractivity contribution is -0.122. The van der Waals surface area contributed by atoms with Crippen molar-refractivity contribution in [3.8, 4) is 17.1 Å². The Balaban J connectivity index is 1.56. The molecule has 1 amide bonds. The number of carbonyl (C=O) groups excluding carboxylic acids is 1. The number of hydrogen-bond donors (Lipinski definition) is 2. The predicted octanol–water partition coefficient (Wildman–Crippen LogP) is 4.29. The molecule has 3 aromatic carbocycles. The van der Waals surface area contributed by atoms with Crippen LogP contribution in [0.4, 0.5) is 5.69 Å². The molecule has 0 unspecified atom stereocenters. The van der Waals surface area contributed by atoms with Crippen LogP contribution in [-0.2, 0) is 4.79 Å². The first-order valence-electron chi connectivity index (χ1n) is 9.47. The van der Waals surface area contributed by atoms with E-state index in [9.17, 15) is 9.59 Å². The van der Waals surface area contributed by atoms with Crippen molar-refractivity contribution in [1.29, 1.82) is 0 Å². The third-order valence-corrected chi connectivity index (χ3v) is 4.54. The minimum absolute atomic E-state index is 0.00499. The van der Waals surface area contributed by atoms with E-state index in [2.05, 4.69) is 10.9 Å². The van der Waals surface area contributed by atoms with Gasteiger partial charge in [-0.25, -0.2) is 0 Å². The Labute approximate surface area is 173 Å². The van der Waals surface area contributed by atoms with E-state index in [1.165, 1.54) is 0 Å². The molecule has 2 N–H and O–H groups in total. The Morgan fingerprint density at radius 3 is 2.40 bits per heavy atom. The Morgan fingerprint density at radius 2 is 1.63 bits per heavy atom. The summed E-state index contributed by atoms with van der Waals surface area (Å²) in [5.41, 5.74) is 8.05. The normalized spacial score (nSPS) is 10.6. The van der Waals surface area contributed by atoms with Gasteiger partial charge in [-0.15, -0.1) is 0 Å². The van der Waals surface area contributed by atoms with Gasteiger partial charge in [0.2, 0.25) is 11.2 Å². The van der Waals surface area contributed by atoms with Crippen molar-refractivity contribution in [3.05, 3.63) is 94.6 Å². The molecule has 4 rings (SSSR count). The van der Waals surface area contributed by atoms with Crippen LogP contribution in [-0.4, -0.2) is 12.5 Å². The van der Waals surface area contributed by atoms with Crippen LogP contribution in [0.15, 0.2) is 88.1 Å². The third kappa shape index (κ3) is 4.17. The summed E-state index contributed by atoms with van der Waals surface area (Å²) in [4.78, 5) is 25.3. The van der Waals surface area contributed by atoms with Crippen LogP contribution in [0.25, 0.3) is 22.3 Å². The number of carbonyl (C=O) groups is 1. The first-order valence-corrected chi connectivity index (χ1v) is 9.47. The first-order chi connectivity index (χ1) is 14.6. The fraction of sp³-hybridized carbons (Fsp3) is 0.0833. The molecule has 0 bridgehead atoms. The summed E-state index contributed by atoms with van der Waals surface area (Å²) >= 11 is 0. The zero-order valence-electron chi connectivity index (χ0n) is 16.3. The molecule has 30 heavy (non-hydrogen) atoms. The summed E-state index contributed by atoms with van der Waals surface area (Å²) in [5.74, 6) is -0.133. The van der Waals surface area contributed by atoms with E-state index < -0.39 is 5.91 Å². The molecule has 0 aliphatic rings. The lowest BCUT2D eigenvalue weighted by Gasteiger charge is -2.12. The second kappa shape index (κ2) is 8.53. The number of aryl methyl sites for hydroxylation is 1. The highest BCUT2D eigenvalue weighted by Crippen LogP contribution is 2.30. The van der Waals surface area contributed by atoms with Gasteiger partial charge in [-0.1, -0.05) is 60.2 Å². The zero-order chi connectivity index (χ0) is 20.9. The molecular weight excluding hydrogens is 380 g/mol. The average molecular weight is 400 g/mol. The largest absolute Gasteiger partial charge is 0.476 e. The zero-order valence-corrected chi connectivity index (χ0v) is 16.3. The lowest BCUT2D eigenvalue weighted by Crippen LogP contribution is -2.34. The highest BCUT2D eigenvalue weighted by Gasteiger charge is 2.18. The molecule has 0 radical (unpaired) electrons. The van der Waals surface area contributed by atoms with E-state index >= 15 is 0 Å². The molecule has 1 heterocycles. The summed E-state index contributed by atoms with van der Waals surface area (Å²) in [5, 5.41) is 0.394. The van der Waals surface area contributed by atoms with E-state index in [0.29, 0.717) is 22.3 Å². The highest BCUT2D eigenvalue weighted by molar-refractivity contribution is 5.83. The number of hydrogen-bond acceptors (Lipinski definition) is 5. The molecule has 0 spiro atoms. The Hall–Kier alpha value is -4.06. The van der Waals surface area contributed by atoms with Crippen LogP contribution in [0.2, 0.25) is 0 Å². The maximum atomic E-state index is 13.0. The minimum atomic E-state index is -0.429. The second-order valence-electron chi connectivity index (χ2n) is 6.78. The summed E-state index contributed by atoms with van der Waals surface area (Å²) in [6.07, 6.45) is 0. The van der Waals surface area contributed by atoms with Crippen molar-refractivity contribution in [3.63, 3.8) is 0 Å². The molecule has 0 aliphatic heterocycles. The fourth-order valence-electron chi connectivity index (χ4n) is 2.99. The molecule has 0 atom stereocenters. The van der Waals surface area contributed by atoms with Gasteiger partial charge in [0.25, 0.3) is 5.91 Å². The van der Waals surface area contributed by atoms with Gasteiger partial charge in [-0.3, -0.25) is 20.4 Å². The maximum absolute atomic E-state index is 13.0. The van der Waals surface area contributed by atoms with E-state index in [1.807, 2.05) is 61.5 Å². The summed E-state index contributed by atoms with van der Waals surface area (Å²) in [7, 11) is 0. The topological polar surface area (TPSA) is 80.6 Å². The summed E-state index contributed by atoms with van der Waals surface area (Å²) < 4.78 is 11.6. The van der Waals surface area contributed by atoms with Crippen molar-refractivity contribution in [2.24, 2.45) is 0 Å². The number of amides is 1. The van der Waals surface area contributed by atoms with Gasteiger partial charge in [0.15, 0.2) is 12.4 Å². The Morgan fingerprint density at radius 1 is 0.933 bits per heavy atom. The number of anilines is 1. The van der Waals surface area contributed by atoms with Crippen molar-refractivity contribution in [2.75, 3.05) is 12.0 Å². The van der Waals surface area contributed by atoms with E-state index in [4.69, 9.17) is 9.15 Å². The molecule has 1 aromatic heterocycles. The van der Waals surface area contributed by atoms with Crippen molar-refractivity contribution in [2.45, 2.75) is 6.92 Å². The Kier molecular flexibility index (Phi) is 5.48. The molecular formula is C24H20N2O4. The lowest BCUT2D eigenvalue weighted by atomic mass is 10.1. The van der Waals surface area contributed by atoms with E-state index in [-0.39, 0.29) is 17.8 Å². The predicted molar refractivity (Wildman–Crippen MR) is 116 cm³/mol. The van der Waals surface area contributed by atoms with Crippen LogP contribution >= 0.6 is 0 Å². The molecule has 0 aliphatic carbocycles. The monoisotopic (exact) mass is 400 g/mol. The summed E-state index contributed by atoms with van der Waals surface area (Å²) in [6.45, 7) is 1.64. The van der Waals surface area contributed by atoms with Crippen LogP contribution in [0.1, 0.15) is 5.56 Å².